The molecule has 0 atom stereocenters. The highest BCUT2D eigenvalue weighted by Gasteiger charge is 2.18. The first-order valence-electron chi connectivity index (χ1n) is 10.3. The second kappa shape index (κ2) is 9.90. The number of likely N-dealkylation sites (N-methyl/N-ethyl adjacent to an activating group) is 1. The minimum Gasteiger partial charge on any atom is -0.486 e. The van der Waals surface area contributed by atoms with Crippen molar-refractivity contribution in [1.29, 1.82) is 0 Å². The second-order valence-electron chi connectivity index (χ2n) is 7.06. The molecule has 2 aromatic heterocycles. The molecule has 166 valence electrons. The number of benzene rings is 1. The van der Waals surface area contributed by atoms with Crippen LogP contribution >= 0.6 is 0 Å². The Morgan fingerprint density at radius 2 is 1.88 bits per heavy atom. The largest absolute Gasteiger partial charge is 0.486 e. The van der Waals surface area contributed by atoms with Crippen LogP contribution in [-0.4, -0.2) is 58.1 Å². The Morgan fingerprint density at radius 1 is 1.09 bits per heavy atom. The summed E-state index contributed by atoms with van der Waals surface area (Å²) in [6.07, 6.45) is 3.73. The van der Waals surface area contributed by atoms with Crippen LogP contribution in [0.5, 0.6) is 11.5 Å². The molecule has 0 saturated carbocycles. The first-order valence-corrected chi connectivity index (χ1v) is 10.3. The molecule has 1 N–H and O–H groups in total. The molecule has 2 amide bonds. The fourth-order valence-electron chi connectivity index (χ4n) is 3.22. The van der Waals surface area contributed by atoms with Gasteiger partial charge in [0.1, 0.15) is 13.2 Å². The number of nitrogens with one attached hydrogen (secondary N) is 1. The highest BCUT2D eigenvalue weighted by molar-refractivity contribution is 5.94. The highest BCUT2D eigenvalue weighted by Crippen LogP contribution is 2.32. The first-order chi connectivity index (χ1) is 15.6. The number of anilines is 1. The first kappa shape index (κ1) is 21.3. The summed E-state index contributed by atoms with van der Waals surface area (Å²) in [6, 6.07) is 8.75. The maximum absolute atomic E-state index is 12.6. The number of ether oxygens (including phenoxy) is 2. The number of aryl methyl sites for hydroxylation is 1. The highest BCUT2D eigenvalue weighted by atomic mass is 16.6. The van der Waals surface area contributed by atoms with Crippen LogP contribution in [0, 0.1) is 0 Å². The van der Waals surface area contributed by atoms with E-state index in [1.807, 2.05) is 6.92 Å². The molecule has 0 saturated heterocycles. The van der Waals surface area contributed by atoms with E-state index in [4.69, 9.17) is 14.0 Å². The quantitative estimate of drug-likeness (QED) is 0.570. The summed E-state index contributed by atoms with van der Waals surface area (Å²) in [6.45, 7) is 3.13. The van der Waals surface area contributed by atoms with Crippen molar-refractivity contribution in [3.63, 3.8) is 0 Å². The number of hydrogen-bond donors (Lipinski definition) is 1. The molecule has 1 aliphatic rings. The molecule has 0 radical (unpaired) electrons. The summed E-state index contributed by atoms with van der Waals surface area (Å²) in [5.41, 5.74) is 1.37. The van der Waals surface area contributed by atoms with Gasteiger partial charge in [0.05, 0.1) is 6.54 Å². The smallest absolute Gasteiger partial charge is 0.243 e. The SMILES string of the molecule is CCN(CC(=O)Nc1ccc2c(c1)OCCO2)C(=O)CCc1nc(-c2ccncc2)no1. The lowest BCUT2D eigenvalue weighted by Gasteiger charge is -2.21. The Balaban J connectivity index is 1.29. The zero-order chi connectivity index (χ0) is 22.3. The predicted octanol–water partition coefficient (Wildman–Crippen LogP) is 2.32. The van der Waals surface area contributed by atoms with Crippen molar-refractivity contribution in [2.75, 3.05) is 31.6 Å². The summed E-state index contributed by atoms with van der Waals surface area (Å²) in [5, 5.41) is 6.73. The average molecular weight is 437 g/mol. The van der Waals surface area contributed by atoms with Crippen LogP contribution in [0.3, 0.4) is 0 Å². The Labute approximate surface area is 184 Å². The monoisotopic (exact) mass is 437 g/mol. The predicted molar refractivity (Wildman–Crippen MR) is 114 cm³/mol. The van der Waals surface area contributed by atoms with E-state index in [0.29, 0.717) is 48.7 Å². The zero-order valence-electron chi connectivity index (χ0n) is 17.6. The number of carbonyl (C=O) groups excluding carboxylic acids is 2. The molecule has 10 nitrogen and oxygen atoms in total. The number of carbonyl (C=O) groups is 2. The molecule has 0 bridgehead atoms. The van der Waals surface area contributed by atoms with E-state index in [0.717, 1.165) is 5.56 Å². The van der Waals surface area contributed by atoms with Gasteiger partial charge in [0.2, 0.25) is 23.5 Å². The van der Waals surface area contributed by atoms with E-state index in [2.05, 4.69) is 20.4 Å². The van der Waals surface area contributed by atoms with Gasteiger partial charge in [-0.05, 0) is 31.2 Å². The van der Waals surface area contributed by atoms with E-state index >= 15 is 0 Å². The second-order valence-corrected chi connectivity index (χ2v) is 7.06. The van der Waals surface area contributed by atoms with Gasteiger partial charge >= 0.3 is 0 Å². The summed E-state index contributed by atoms with van der Waals surface area (Å²) >= 11 is 0. The van der Waals surface area contributed by atoms with Crippen molar-refractivity contribution in [1.82, 2.24) is 20.0 Å². The minimum atomic E-state index is -0.297. The molecule has 1 aromatic carbocycles. The number of aromatic nitrogens is 3. The van der Waals surface area contributed by atoms with Gasteiger partial charge in [-0.1, -0.05) is 5.16 Å². The van der Waals surface area contributed by atoms with Crippen molar-refractivity contribution in [3.05, 3.63) is 48.6 Å². The molecular weight excluding hydrogens is 414 g/mol. The lowest BCUT2D eigenvalue weighted by molar-refractivity contribution is -0.134. The molecule has 0 unspecified atom stereocenters. The molecule has 32 heavy (non-hydrogen) atoms. The summed E-state index contributed by atoms with van der Waals surface area (Å²) in [7, 11) is 0. The molecule has 10 heteroatoms. The Kier molecular flexibility index (Phi) is 6.59. The summed E-state index contributed by atoms with van der Waals surface area (Å²) < 4.78 is 16.2. The third kappa shape index (κ3) is 5.20. The number of rotatable bonds is 8. The topological polar surface area (TPSA) is 120 Å². The number of fused-ring (bicyclic) bond motifs is 1. The Morgan fingerprint density at radius 3 is 2.66 bits per heavy atom. The van der Waals surface area contributed by atoms with Crippen LogP contribution in [0.15, 0.2) is 47.2 Å². The van der Waals surface area contributed by atoms with Gasteiger partial charge in [-0.25, -0.2) is 0 Å². The Hall–Kier alpha value is -3.95. The van der Waals surface area contributed by atoms with Crippen molar-refractivity contribution in [2.45, 2.75) is 19.8 Å². The lowest BCUT2D eigenvalue weighted by Crippen LogP contribution is -2.38. The minimum absolute atomic E-state index is 0.0596. The third-order valence-corrected chi connectivity index (χ3v) is 4.85. The van der Waals surface area contributed by atoms with E-state index in [-0.39, 0.29) is 31.2 Å². The third-order valence-electron chi connectivity index (χ3n) is 4.85. The molecule has 4 rings (SSSR count). The van der Waals surface area contributed by atoms with Crippen LogP contribution in [0.25, 0.3) is 11.4 Å². The van der Waals surface area contributed by atoms with E-state index in [1.54, 1.807) is 42.7 Å². The van der Waals surface area contributed by atoms with Gasteiger partial charge in [0.15, 0.2) is 11.5 Å². The summed E-state index contributed by atoms with van der Waals surface area (Å²) in [4.78, 5) is 34.8. The molecule has 3 heterocycles. The number of amides is 2. The van der Waals surface area contributed by atoms with E-state index in [9.17, 15) is 9.59 Å². The van der Waals surface area contributed by atoms with Crippen molar-refractivity contribution < 1.29 is 23.6 Å². The van der Waals surface area contributed by atoms with Crippen molar-refractivity contribution >= 4 is 17.5 Å². The maximum atomic E-state index is 12.6. The van der Waals surface area contributed by atoms with Gasteiger partial charge in [-0.2, -0.15) is 4.98 Å². The summed E-state index contributed by atoms with van der Waals surface area (Å²) in [5.74, 6) is 1.57. The van der Waals surface area contributed by atoms with Crippen molar-refractivity contribution in [2.24, 2.45) is 0 Å². The van der Waals surface area contributed by atoms with Crippen LogP contribution in [-0.2, 0) is 16.0 Å². The fraction of sp³-hybridized carbons (Fsp3) is 0.318. The van der Waals surface area contributed by atoms with Gasteiger partial charge in [0, 0.05) is 49.1 Å². The lowest BCUT2D eigenvalue weighted by atomic mass is 10.2. The zero-order valence-corrected chi connectivity index (χ0v) is 17.6. The average Bonchev–Trinajstić information content (AvgIpc) is 3.30. The molecule has 1 aliphatic heterocycles. The van der Waals surface area contributed by atoms with Crippen LogP contribution in [0.2, 0.25) is 0 Å². The molecule has 0 aliphatic carbocycles. The van der Waals surface area contributed by atoms with Crippen LogP contribution in [0.4, 0.5) is 5.69 Å². The van der Waals surface area contributed by atoms with Gasteiger partial charge in [-0.3, -0.25) is 14.6 Å². The van der Waals surface area contributed by atoms with E-state index in [1.165, 1.54) is 4.90 Å². The Bertz CT molecular complexity index is 1090. The van der Waals surface area contributed by atoms with E-state index < -0.39 is 0 Å². The fourth-order valence-corrected chi connectivity index (χ4v) is 3.22. The maximum Gasteiger partial charge on any atom is 0.243 e. The van der Waals surface area contributed by atoms with Crippen LogP contribution in [0.1, 0.15) is 19.2 Å². The van der Waals surface area contributed by atoms with Crippen molar-refractivity contribution in [3.8, 4) is 22.9 Å². The van der Waals surface area contributed by atoms with Crippen LogP contribution < -0.4 is 14.8 Å². The van der Waals surface area contributed by atoms with Gasteiger partial charge < -0.3 is 24.2 Å². The molecule has 0 fully saturated rings. The number of hydrogen-bond acceptors (Lipinski definition) is 8. The molecule has 3 aromatic rings. The number of pyridine rings is 1. The molecule has 0 spiro atoms. The van der Waals surface area contributed by atoms with Gasteiger partial charge in [0.25, 0.3) is 0 Å². The standard InChI is InChI=1S/C22H23N5O5/c1-2-27(14-19(28)24-16-3-4-17-18(13-16)31-12-11-30-17)21(29)6-5-20-25-22(26-32-20)15-7-9-23-10-8-15/h3-4,7-10,13H,2,5-6,11-12,14H2,1H3,(H,24,28). The van der Waals surface area contributed by atoms with Gasteiger partial charge in [-0.15, -0.1) is 0 Å². The number of nitrogens with zero attached hydrogens (tertiary/aromatic N) is 4. The normalized spacial score (nSPS) is 12.3. The molecular formula is C22H23N5O5.